The number of carbonyl (C=O) groups excluding carboxylic acids is 3. The Hall–Kier alpha value is -4.47. The topological polar surface area (TPSA) is 130 Å². The first-order valence-corrected chi connectivity index (χ1v) is 12.9. The normalized spacial score (nSPS) is 22.5. The molecule has 38 heavy (non-hydrogen) atoms. The molecule has 10 heteroatoms. The first kappa shape index (κ1) is 22.7. The summed E-state index contributed by atoms with van der Waals surface area (Å²) in [5.74, 6) is 0.476. The van der Waals surface area contributed by atoms with Crippen LogP contribution in [0.4, 0.5) is 11.5 Å². The molecule has 5 heterocycles. The van der Waals surface area contributed by atoms with Crippen LogP contribution in [0.15, 0.2) is 60.0 Å². The lowest BCUT2D eigenvalue weighted by Crippen LogP contribution is -2.45. The van der Waals surface area contributed by atoms with E-state index in [1.807, 2.05) is 24.3 Å². The second-order valence-corrected chi connectivity index (χ2v) is 10.4. The Bertz CT molecular complexity index is 1530. The summed E-state index contributed by atoms with van der Waals surface area (Å²) >= 11 is 0. The number of nitrogens with zero attached hydrogens (tertiary/aromatic N) is 5. The van der Waals surface area contributed by atoms with Crippen LogP contribution in [0.1, 0.15) is 48.2 Å². The van der Waals surface area contributed by atoms with Crippen LogP contribution in [-0.2, 0) is 32.6 Å². The molecule has 10 nitrogen and oxygen atoms in total. The van der Waals surface area contributed by atoms with Crippen molar-refractivity contribution in [3.05, 3.63) is 77.5 Å². The first-order chi connectivity index (χ1) is 18.5. The highest BCUT2D eigenvalue weighted by molar-refractivity contribution is 6.16. The molecular formula is C28H25N7O3. The average Bonchev–Trinajstić information content (AvgIpc) is 3.68. The van der Waals surface area contributed by atoms with E-state index < -0.39 is 11.0 Å². The Morgan fingerprint density at radius 1 is 1.03 bits per heavy atom. The number of anilines is 2. The number of nitrogens with one attached hydrogen (secondary N) is 2. The lowest BCUT2D eigenvalue weighted by Gasteiger charge is -2.22. The number of fused-ring (bicyclic) bond motifs is 3. The third-order valence-electron chi connectivity index (χ3n) is 8.14. The minimum atomic E-state index is -0.788. The van der Waals surface area contributed by atoms with Gasteiger partial charge in [-0.2, -0.15) is 0 Å². The molecule has 3 amide bonds. The molecule has 0 radical (unpaired) electrons. The van der Waals surface area contributed by atoms with Crippen LogP contribution in [0.3, 0.4) is 0 Å². The van der Waals surface area contributed by atoms with Crippen molar-refractivity contribution in [3.8, 4) is 0 Å². The molecule has 2 spiro atoms. The number of rotatable bonds is 4. The van der Waals surface area contributed by atoms with E-state index in [1.165, 1.54) is 4.90 Å². The molecule has 7 rings (SSSR count). The fraction of sp³-hybridized carbons (Fsp3) is 0.321. The standard InChI is InChI=1S/C28H25N7O3/c36-22(16-35-24(20-7-1-4-10-29-20)34-28(26(35)38)8-2-3-9-28)32-18-12-17-13-27(14-21(17)31-15-18)19-6-5-11-30-23(19)33-25(27)37/h1,4-7,10-12,15H,2-3,8-9,13-14,16H2,(H,32,36)(H,30,33,37)/t27-/m0/s1. The van der Waals surface area contributed by atoms with Crippen LogP contribution in [0.2, 0.25) is 0 Å². The Balaban J connectivity index is 1.11. The molecule has 190 valence electrons. The van der Waals surface area contributed by atoms with Crippen molar-refractivity contribution >= 4 is 35.1 Å². The van der Waals surface area contributed by atoms with Gasteiger partial charge in [-0.3, -0.25) is 29.3 Å². The molecule has 1 atom stereocenters. The van der Waals surface area contributed by atoms with E-state index >= 15 is 0 Å². The van der Waals surface area contributed by atoms with Gasteiger partial charge in [0, 0.05) is 30.1 Å². The smallest absolute Gasteiger partial charge is 0.256 e. The highest BCUT2D eigenvalue weighted by Gasteiger charge is 2.52. The summed E-state index contributed by atoms with van der Waals surface area (Å²) in [6, 6.07) is 11.1. The van der Waals surface area contributed by atoms with Gasteiger partial charge >= 0.3 is 0 Å². The van der Waals surface area contributed by atoms with Crippen molar-refractivity contribution in [1.82, 2.24) is 19.9 Å². The first-order valence-electron chi connectivity index (χ1n) is 12.9. The van der Waals surface area contributed by atoms with E-state index in [9.17, 15) is 14.4 Å². The van der Waals surface area contributed by atoms with Gasteiger partial charge < -0.3 is 10.6 Å². The predicted molar refractivity (Wildman–Crippen MR) is 139 cm³/mol. The molecule has 0 bridgehead atoms. The van der Waals surface area contributed by atoms with Crippen LogP contribution >= 0.6 is 0 Å². The van der Waals surface area contributed by atoms with Crippen molar-refractivity contribution in [1.29, 1.82) is 0 Å². The Morgan fingerprint density at radius 2 is 1.87 bits per heavy atom. The van der Waals surface area contributed by atoms with Crippen molar-refractivity contribution in [2.24, 2.45) is 4.99 Å². The molecule has 2 N–H and O–H groups in total. The minimum absolute atomic E-state index is 0.0792. The van der Waals surface area contributed by atoms with Crippen molar-refractivity contribution in [2.45, 2.75) is 49.5 Å². The number of amides is 3. The highest BCUT2D eigenvalue weighted by atomic mass is 16.2. The van der Waals surface area contributed by atoms with Crippen molar-refractivity contribution in [3.63, 3.8) is 0 Å². The van der Waals surface area contributed by atoms with Gasteiger partial charge in [0.05, 0.1) is 17.3 Å². The fourth-order valence-corrected chi connectivity index (χ4v) is 6.31. The third kappa shape index (κ3) is 3.36. The molecule has 0 saturated heterocycles. The fourth-order valence-electron chi connectivity index (χ4n) is 6.31. The molecule has 0 unspecified atom stereocenters. The minimum Gasteiger partial charge on any atom is -0.323 e. The van der Waals surface area contributed by atoms with Crippen LogP contribution in [0, 0.1) is 0 Å². The van der Waals surface area contributed by atoms with Crippen molar-refractivity contribution in [2.75, 3.05) is 17.2 Å². The number of carbonyl (C=O) groups is 3. The number of hydrogen-bond acceptors (Lipinski definition) is 7. The summed E-state index contributed by atoms with van der Waals surface area (Å²) in [5, 5.41) is 5.79. The summed E-state index contributed by atoms with van der Waals surface area (Å²) in [7, 11) is 0. The number of amidine groups is 1. The molecular weight excluding hydrogens is 482 g/mol. The zero-order valence-electron chi connectivity index (χ0n) is 20.6. The van der Waals surface area contributed by atoms with Crippen LogP contribution in [-0.4, -0.2) is 55.5 Å². The zero-order valence-corrected chi connectivity index (χ0v) is 20.6. The molecule has 1 saturated carbocycles. The van der Waals surface area contributed by atoms with Crippen LogP contribution in [0.5, 0.6) is 0 Å². The third-order valence-corrected chi connectivity index (χ3v) is 8.14. The molecule has 2 aliphatic heterocycles. The van der Waals surface area contributed by atoms with E-state index in [0.29, 0.717) is 48.7 Å². The van der Waals surface area contributed by atoms with Crippen molar-refractivity contribution < 1.29 is 14.4 Å². The highest BCUT2D eigenvalue weighted by Crippen LogP contribution is 2.46. The Labute approximate surface area is 218 Å². The van der Waals surface area contributed by atoms with Gasteiger partial charge in [-0.05, 0) is 49.1 Å². The number of aromatic nitrogens is 3. The summed E-state index contributed by atoms with van der Waals surface area (Å²) in [6.45, 7) is -0.168. The van der Waals surface area contributed by atoms with Crippen LogP contribution in [0.25, 0.3) is 0 Å². The molecule has 3 aromatic rings. The molecule has 0 aromatic carbocycles. The lowest BCUT2D eigenvalue weighted by molar-refractivity contribution is -0.133. The number of hydrogen-bond donors (Lipinski definition) is 2. The van der Waals surface area contributed by atoms with Gasteiger partial charge in [0.2, 0.25) is 11.8 Å². The van der Waals surface area contributed by atoms with E-state index in [-0.39, 0.29) is 24.3 Å². The molecule has 3 aromatic heterocycles. The number of aliphatic imine (C=N–C) groups is 1. The van der Waals surface area contributed by atoms with Gasteiger partial charge in [-0.15, -0.1) is 0 Å². The van der Waals surface area contributed by atoms with Gasteiger partial charge in [0.25, 0.3) is 5.91 Å². The van der Waals surface area contributed by atoms with E-state index in [4.69, 9.17) is 4.99 Å². The van der Waals surface area contributed by atoms with E-state index in [1.54, 1.807) is 30.7 Å². The second-order valence-electron chi connectivity index (χ2n) is 10.4. The predicted octanol–water partition coefficient (Wildman–Crippen LogP) is 2.40. The maximum Gasteiger partial charge on any atom is 0.256 e. The summed E-state index contributed by atoms with van der Waals surface area (Å²) in [6.07, 6.45) is 9.12. The van der Waals surface area contributed by atoms with Gasteiger partial charge in [-0.1, -0.05) is 25.0 Å². The summed E-state index contributed by atoms with van der Waals surface area (Å²) in [5.41, 5.74) is 2.20. The van der Waals surface area contributed by atoms with Gasteiger partial charge in [0.1, 0.15) is 23.6 Å². The van der Waals surface area contributed by atoms with Gasteiger partial charge in [-0.25, -0.2) is 9.98 Å². The Morgan fingerprint density at radius 3 is 2.68 bits per heavy atom. The molecule has 4 aliphatic rings. The quantitative estimate of drug-likeness (QED) is 0.558. The van der Waals surface area contributed by atoms with E-state index in [2.05, 4.69) is 25.6 Å². The second kappa shape index (κ2) is 8.27. The molecule has 1 fully saturated rings. The maximum atomic E-state index is 13.5. The van der Waals surface area contributed by atoms with Gasteiger partial charge in [0.15, 0.2) is 5.84 Å². The van der Waals surface area contributed by atoms with E-state index in [0.717, 1.165) is 29.7 Å². The Kier molecular flexibility index (Phi) is 4.94. The molecule has 2 aliphatic carbocycles. The summed E-state index contributed by atoms with van der Waals surface area (Å²) < 4.78 is 0. The lowest BCUT2D eigenvalue weighted by atomic mass is 9.80. The maximum absolute atomic E-state index is 13.5. The SMILES string of the molecule is O=C(CN1C(=O)C2(CCCC2)N=C1c1ccccn1)Nc1cnc2c(c1)C[C@@]1(C2)C(=O)Nc2ncccc21. The summed E-state index contributed by atoms with van der Waals surface area (Å²) in [4.78, 5) is 59.2. The number of pyridine rings is 3. The largest absolute Gasteiger partial charge is 0.323 e. The zero-order chi connectivity index (χ0) is 25.9. The monoisotopic (exact) mass is 507 g/mol. The van der Waals surface area contributed by atoms with Crippen LogP contribution < -0.4 is 10.6 Å². The average molecular weight is 508 g/mol.